The molecule has 2 saturated heterocycles. The first-order chi connectivity index (χ1) is 20.3. The second-order valence-corrected chi connectivity index (χ2v) is 17.3. The highest BCUT2D eigenvalue weighted by Crippen LogP contribution is 2.65. The molecule has 2 aliphatic carbocycles. The van der Waals surface area contributed by atoms with Crippen LogP contribution in [0.25, 0.3) is 0 Å². The Labute approximate surface area is 267 Å². The number of hydrogen-bond acceptors (Lipinski definition) is 5. The van der Waals surface area contributed by atoms with Gasteiger partial charge < -0.3 is 9.64 Å². The Morgan fingerprint density at radius 2 is 1.68 bits per heavy atom. The molecule has 4 aliphatic rings. The molecule has 6 heteroatoms. The van der Waals surface area contributed by atoms with Crippen LogP contribution in [-0.4, -0.2) is 48.7 Å². The smallest absolute Gasteiger partial charge is 0.228 e. The summed E-state index contributed by atoms with van der Waals surface area (Å²) in [5.41, 5.74) is -0.0188. The van der Waals surface area contributed by atoms with Crippen LogP contribution in [0, 0.1) is 55.7 Å². The molecule has 0 radical (unpaired) electrons. The van der Waals surface area contributed by atoms with Crippen molar-refractivity contribution < 1.29 is 19.1 Å². The van der Waals surface area contributed by atoms with Crippen LogP contribution < -0.4 is 0 Å². The second kappa shape index (κ2) is 11.8. The van der Waals surface area contributed by atoms with E-state index < -0.39 is 10.8 Å². The molecule has 44 heavy (non-hydrogen) atoms. The maximum atomic E-state index is 14.3. The monoisotopic (exact) mass is 606 g/mol. The van der Waals surface area contributed by atoms with E-state index in [1.54, 1.807) is 13.0 Å². The highest BCUT2D eigenvalue weighted by molar-refractivity contribution is 6.02. The van der Waals surface area contributed by atoms with Gasteiger partial charge in [-0.05, 0) is 80.1 Å². The van der Waals surface area contributed by atoms with Crippen LogP contribution in [-0.2, 0) is 19.1 Å². The summed E-state index contributed by atoms with van der Waals surface area (Å²) in [6.45, 7) is 24.8. The summed E-state index contributed by atoms with van der Waals surface area (Å²) in [5.74, 6) is -0.0363. The van der Waals surface area contributed by atoms with E-state index in [9.17, 15) is 19.6 Å². The molecule has 0 aromatic carbocycles. The number of amides is 1. The van der Waals surface area contributed by atoms with Gasteiger partial charge in [-0.3, -0.25) is 14.4 Å². The predicted octanol–water partition coefficient (Wildman–Crippen LogP) is 7.87. The first kappa shape index (κ1) is 34.6. The number of fused-ring (bicyclic) bond motifs is 1. The topological polar surface area (TPSA) is 87.5 Å². The minimum Gasteiger partial charge on any atom is -0.380 e. The number of hydrogen-bond donors (Lipinski definition) is 0. The molecule has 0 aromatic heterocycles. The summed E-state index contributed by atoms with van der Waals surface area (Å²) >= 11 is 0. The first-order valence-corrected chi connectivity index (χ1v) is 17.1. The van der Waals surface area contributed by atoms with Gasteiger partial charge in [0.25, 0.3) is 0 Å². The van der Waals surface area contributed by atoms with Crippen molar-refractivity contribution >= 4 is 17.5 Å². The lowest BCUT2D eigenvalue weighted by atomic mass is 9.44. The van der Waals surface area contributed by atoms with Crippen LogP contribution in [0.3, 0.4) is 0 Å². The molecule has 4 rings (SSSR count). The average molecular weight is 607 g/mol. The molecule has 6 nitrogen and oxygen atoms in total. The number of allylic oxidation sites excluding steroid dienone is 4. The molecule has 2 aliphatic heterocycles. The summed E-state index contributed by atoms with van der Waals surface area (Å²) in [5, 5.41) is 9.86. The number of nitrogens with zero attached hydrogens (tertiary/aromatic N) is 2. The molecule has 0 bridgehead atoms. The summed E-state index contributed by atoms with van der Waals surface area (Å²) < 4.78 is 5.49. The van der Waals surface area contributed by atoms with Crippen LogP contribution >= 0.6 is 0 Å². The summed E-state index contributed by atoms with van der Waals surface area (Å²) in [4.78, 5) is 42.1. The van der Waals surface area contributed by atoms with E-state index in [4.69, 9.17) is 4.74 Å². The third kappa shape index (κ3) is 6.00. The fraction of sp³-hybridized carbons (Fsp3) is 0.789. The van der Waals surface area contributed by atoms with Crippen LogP contribution in [0.1, 0.15) is 121 Å². The Kier molecular flexibility index (Phi) is 9.31. The quantitative estimate of drug-likeness (QED) is 0.223. The summed E-state index contributed by atoms with van der Waals surface area (Å²) in [6.07, 6.45) is 11.1. The highest BCUT2D eigenvalue weighted by atomic mass is 16.5. The van der Waals surface area contributed by atoms with Gasteiger partial charge in [-0.25, -0.2) is 0 Å². The van der Waals surface area contributed by atoms with Gasteiger partial charge in [0.05, 0.1) is 24.2 Å². The standard InChI is InChI=1S/C38H58N2O4/c1-11-13-33(4,5)15-17-35(8,32(43)40-22-38(23-40)24-44-25-38)18-16-34(6,7)37(10)14-12-29-27(3)31(42)28(21-39)20-36(29,9)30(37)19-26(2)41/h19-20,27,29H,11-18,22-25H2,1-10H3/b30-19-/t27-,29-,35-,36-,37+/m0/s1. The Morgan fingerprint density at radius 1 is 1.07 bits per heavy atom. The van der Waals surface area contributed by atoms with Crippen LogP contribution in [0.4, 0.5) is 0 Å². The zero-order chi connectivity index (χ0) is 32.9. The molecule has 0 N–H and O–H groups in total. The molecule has 2 heterocycles. The van der Waals surface area contributed by atoms with Crippen molar-refractivity contribution in [3.8, 4) is 6.07 Å². The number of carbonyl (C=O) groups excluding carboxylic acids is 3. The van der Waals surface area contributed by atoms with E-state index in [2.05, 4.69) is 66.4 Å². The van der Waals surface area contributed by atoms with Crippen molar-refractivity contribution in [2.45, 2.75) is 121 Å². The van der Waals surface area contributed by atoms with Gasteiger partial charge in [0.1, 0.15) is 6.07 Å². The zero-order valence-electron chi connectivity index (χ0n) is 29.3. The van der Waals surface area contributed by atoms with Crippen LogP contribution in [0.15, 0.2) is 23.3 Å². The number of rotatable bonds is 11. The van der Waals surface area contributed by atoms with Crippen LogP contribution in [0.2, 0.25) is 0 Å². The summed E-state index contributed by atoms with van der Waals surface area (Å²) in [6, 6.07) is 2.16. The molecule has 0 aromatic rings. The van der Waals surface area contributed by atoms with Crippen molar-refractivity contribution in [2.24, 2.45) is 44.3 Å². The molecule has 1 saturated carbocycles. The van der Waals surface area contributed by atoms with Gasteiger partial charge in [-0.15, -0.1) is 0 Å². The number of Topliss-reactive ketones (excluding diaryl/α,β-unsaturated/α-hetero) is 1. The van der Waals surface area contributed by atoms with E-state index >= 15 is 0 Å². The predicted molar refractivity (Wildman–Crippen MR) is 174 cm³/mol. The molecule has 1 spiro atoms. The molecular weight excluding hydrogens is 548 g/mol. The zero-order valence-corrected chi connectivity index (χ0v) is 29.3. The Hall–Kier alpha value is -2.26. The number of likely N-dealkylation sites (tertiary alicyclic amines) is 1. The fourth-order valence-electron chi connectivity index (χ4n) is 9.22. The molecule has 244 valence electrons. The van der Waals surface area contributed by atoms with Gasteiger partial charge in [0.2, 0.25) is 5.91 Å². The van der Waals surface area contributed by atoms with Crippen molar-refractivity contribution in [2.75, 3.05) is 26.3 Å². The van der Waals surface area contributed by atoms with E-state index in [1.165, 1.54) is 0 Å². The maximum absolute atomic E-state index is 14.3. The van der Waals surface area contributed by atoms with Gasteiger partial charge in [0, 0.05) is 29.8 Å². The Morgan fingerprint density at radius 3 is 2.20 bits per heavy atom. The van der Waals surface area contributed by atoms with Crippen molar-refractivity contribution in [3.05, 3.63) is 23.3 Å². The number of ether oxygens (including phenoxy) is 1. The minimum atomic E-state index is -0.561. The molecule has 5 atom stereocenters. The molecule has 0 unspecified atom stereocenters. The largest absolute Gasteiger partial charge is 0.380 e. The fourth-order valence-corrected chi connectivity index (χ4v) is 9.22. The van der Waals surface area contributed by atoms with E-state index in [-0.39, 0.29) is 56.5 Å². The lowest BCUT2D eigenvalue weighted by Crippen LogP contribution is -2.68. The van der Waals surface area contributed by atoms with E-state index in [0.717, 1.165) is 83.2 Å². The summed E-state index contributed by atoms with van der Waals surface area (Å²) in [7, 11) is 0. The Balaban J connectivity index is 1.65. The van der Waals surface area contributed by atoms with Gasteiger partial charge in [-0.2, -0.15) is 5.26 Å². The average Bonchev–Trinajstić information content (AvgIpc) is 2.89. The number of carbonyl (C=O) groups is 3. The molecule has 3 fully saturated rings. The molecule has 1 amide bonds. The van der Waals surface area contributed by atoms with E-state index in [0.29, 0.717) is 0 Å². The van der Waals surface area contributed by atoms with Crippen molar-refractivity contribution in [1.29, 1.82) is 5.26 Å². The highest BCUT2D eigenvalue weighted by Gasteiger charge is 2.59. The SMILES string of the molecule is CCCC(C)(C)CC[C@@](C)(CCC(C)(C)[C@]1(C)CC[C@H]2[C@H](C)C(=O)C(C#N)=C[C@]2(C)/C1=C/C(C)=O)C(=O)N1CC2(COC2)C1. The van der Waals surface area contributed by atoms with E-state index in [1.807, 2.05) is 13.0 Å². The third-order valence-electron chi connectivity index (χ3n) is 12.8. The first-order valence-electron chi connectivity index (χ1n) is 17.1. The van der Waals surface area contributed by atoms with Crippen LogP contribution in [0.5, 0.6) is 0 Å². The Bertz CT molecular complexity index is 1270. The van der Waals surface area contributed by atoms with Crippen molar-refractivity contribution in [1.82, 2.24) is 4.90 Å². The lowest BCUT2D eigenvalue weighted by Gasteiger charge is -2.59. The minimum absolute atomic E-state index is 0.00906. The second-order valence-electron chi connectivity index (χ2n) is 17.3. The third-order valence-corrected chi connectivity index (χ3v) is 12.8. The van der Waals surface area contributed by atoms with Crippen molar-refractivity contribution in [3.63, 3.8) is 0 Å². The number of ketones is 2. The lowest BCUT2D eigenvalue weighted by molar-refractivity contribution is -0.201. The van der Waals surface area contributed by atoms with Gasteiger partial charge >= 0.3 is 0 Å². The molecular formula is C38H58N2O4. The normalized spacial score (nSPS) is 32.2. The number of nitriles is 1. The van der Waals surface area contributed by atoms with Gasteiger partial charge in [0.15, 0.2) is 11.6 Å². The maximum Gasteiger partial charge on any atom is 0.228 e. The van der Waals surface area contributed by atoms with Gasteiger partial charge in [-0.1, -0.05) is 80.4 Å².